The van der Waals surface area contributed by atoms with Gasteiger partial charge >= 0.3 is 0 Å². The fraction of sp³-hybridized carbons (Fsp3) is 0.320. The Morgan fingerprint density at radius 3 is 2.34 bits per heavy atom. The Morgan fingerprint density at radius 2 is 1.77 bits per heavy atom. The van der Waals surface area contributed by atoms with E-state index >= 15 is 0 Å². The second kappa shape index (κ2) is 14.4. The molecule has 5 N–H and O–H groups in total. The van der Waals surface area contributed by atoms with Gasteiger partial charge in [-0.25, -0.2) is 13.8 Å². The van der Waals surface area contributed by atoms with Gasteiger partial charge < -0.3 is 21.3 Å². The maximum Gasteiger partial charge on any atom is 0.254 e. The van der Waals surface area contributed by atoms with Crippen LogP contribution in [-0.2, 0) is 6.54 Å². The summed E-state index contributed by atoms with van der Waals surface area (Å²) in [5.74, 6) is -1.59. The highest BCUT2D eigenvalue weighted by Gasteiger charge is 2.14. The first-order valence-electron chi connectivity index (χ1n) is 11.1. The summed E-state index contributed by atoms with van der Waals surface area (Å²) in [4.78, 5) is 20.2. The summed E-state index contributed by atoms with van der Waals surface area (Å²) in [5, 5.41) is 18.5. The fourth-order valence-corrected chi connectivity index (χ4v) is 4.00. The predicted molar refractivity (Wildman–Crippen MR) is 134 cm³/mol. The molecule has 1 fully saturated rings. The van der Waals surface area contributed by atoms with Gasteiger partial charge in [-0.15, -0.1) is 0 Å². The summed E-state index contributed by atoms with van der Waals surface area (Å²) in [5.41, 5.74) is 6.90. The van der Waals surface area contributed by atoms with Gasteiger partial charge in [-0.3, -0.25) is 9.78 Å². The minimum Gasteiger partial charge on any atom is -0.400 e. The number of carbonyl (C=O) groups is 1. The third-order valence-electron chi connectivity index (χ3n) is 5.16. The van der Waals surface area contributed by atoms with Crippen molar-refractivity contribution in [2.45, 2.75) is 44.8 Å². The van der Waals surface area contributed by atoms with Crippen LogP contribution < -0.4 is 11.1 Å². The summed E-state index contributed by atoms with van der Waals surface area (Å²) in [6.07, 6.45) is 8.80. The molecule has 4 rings (SSSR count). The molecule has 7 nitrogen and oxygen atoms in total. The van der Waals surface area contributed by atoms with Crippen molar-refractivity contribution in [3.8, 4) is 11.3 Å². The highest BCUT2D eigenvalue weighted by molar-refractivity contribution is 9.10. The number of hydrogen-bond acceptors (Lipinski definition) is 6. The predicted octanol–water partition coefficient (Wildman–Crippen LogP) is 4.62. The molecule has 0 spiro atoms. The number of amides is 1. The van der Waals surface area contributed by atoms with Crippen LogP contribution >= 0.6 is 15.9 Å². The number of aliphatic hydroxyl groups excluding tert-OH is 2. The van der Waals surface area contributed by atoms with Gasteiger partial charge in [0.2, 0.25) is 0 Å². The molecule has 1 aliphatic carbocycles. The number of aromatic nitrogens is 2. The topological polar surface area (TPSA) is 121 Å². The third kappa shape index (κ3) is 8.97. The van der Waals surface area contributed by atoms with Crippen molar-refractivity contribution in [2.75, 3.05) is 12.8 Å². The Labute approximate surface area is 211 Å². The first-order chi connectivity index (χ1) is 16.8. The molecule has 0 saturated heterocycles. The minimum atomic E-state index is -0.717. The first-order valence-corrected chi connectivity index (χ1v) is 11.8. The Hall–Kier alpha value is -2.95. The van der Waals surface area contributed by atoms with Crippen molar-refractivity contribution in [3.05, 3.63) is 76.0 Å². The largest absolute Gasteiger partial charge is 0.400 e. The molecule has 1 heterocycles. The average Bonchev–Trinajstić information content (AvgIpc) is 2.84. The molecule has 1 amide bonds. The lowest BCUT2D eigenvalue weighted by molar-refractivity contribution is 0.0946. The normalized spacial score (nSPS) is 13.1. The Kier molecular flexibility index (Phi) is 11.7. The van der Waals surface area contributed by atoms with E-state index in [0.717, 1.165) is 20.0 Å². The van der Waals surface area contributed by atoms with E-state index in [2.05, 4.69) is 31.2 Å². The summed E-state index contributed by atoms with van der Waals surface area (Å²) in [6, 6.07) is 8.32. The van der Waals surface area contributed by atoms with Crippen LogP contribution in [-0.4, -0.2) is 39.3 Å². The molecular weight excluding hydrogens is 522 g/mol. The molecule has 0 aliphatic heterocycles. The van der Waals surface area contributed by atoms with Gasteiger partial charge in [0.15, 0.2) is 0 Å². The number of aliphatic hydroxyl groups is 2. The number of anilines is 1. The van der Waals surface area contributed by atoms with Crippen LogP contribution in [0.1, 0.15) is 48.0 Å². The van der Waals surface area contributed by atoms with E-state index in [1.807, 2.05) is 0 Å². The van der Waals surface area contributed by atoms with E-state index in [4.69, 9.17) is 15.9 Å². The number of nitrogens with one attached hydrogen (secondary N) is 1. The molecule has 1 aromatic heterocycles. The Bertz CT molecular complexity index is 1090. The number of hydrogen-bond donors (Lipinski definition) is 4. The molecule has 0 atom stereocenters. The van der Waals surface area contributed by atoms with Crippen LogP contribution in [0.15, 0.2) is 53.3 Å². The lowest BCUT2D eigenvalue weighted by atomic mass is 9.98. The molecule has 0 radical (unpaired) electrons. The van der Waals surface area contributed by atoms with Crippen molar-refractivity contribution in [1.29, 1.82) is 0 Å². The van der Waals surface area contributed by atoms with Crippen LogP contribution in [0.5, 0.6) is 0 Å². The molecule has 1 aliphatic rings. The van der Waals surface area contributed by atoms with Crippen LogP contribution in [0.3, 0.4) is 0 Å². The van der Waals surface area contributed by atoms with E-state index in [1.54, 1.807) is 6.07 Å². The van der Waals surface area contributed by atoms with Crippen molar-refractivity contribution >= 4 is 27.7 Å². The lowest BCUT2D eigenvalue weighted by Gasteiger charge is -2.14. The van der Waals surface area contributed by atoms with Crippen LogP contribution in [0, 0.1) is 11.6 Å². The van der Waals surface area contributed by atoms with Crippen LogP contribution in [0.25, 0.3) is 11.3 Å². The Balaban J connectivity index is 0.000000407. The molecule has 0 bridgehead atoms. The number of nitrogens with zero attached hydrogens (tertiary/aromatic N) is 2. The van der Waals surface area contributed by atoms with E-state index in [9.17, 15) is 13.6 Å². The van der Waals surface area contributed by atoms with Crippen molar-refractivity contribution in [1.82, 2.24) is 15.3 Å². The average molecular weight is 551 g/mol. The lowest BCUT2D eigenvalue weighted by Crippen LogP contribution is -2.24. The third-order valence-corrected chi connectivity index (χ3v) is 5.62. The Morgan fingerprint density at radius 1 is 1.09 bits per heavy atom. The van der Waals surface area contributed by atoms with Crippen molar-refractivity contribution < 1.29 is 23.8 Å². The van der Waals surface area contributed by atoms with Crippen LogP contribution in [0.4, 0.5) is 14.6 Å². The van der Waals surface area contributed by atoms with Gasteiger partial charge in [0.05, 0.1) is 11.7 Å². The molecular formula is C25H29BrF2N4O3. The van der Waals surface area contributed by atoms with Crippen LogP contribution in [0.2, 0.25) is 0 Å². The molecule has 188 valence electrons. The number of rotatable bonds is 4. The smallest absolute Gasteiger partial charge is 0.254 e. The van der Waals surface area contributed by atoms with E-state index in [1.165, 1.54) is 62.0 Å². The number of nitrogen functional groups attached to an aromatic ring is 1. The standard InChI is InChI=1S/C18H13BrF2N4O.C6H12O.CH4O/c19-12-5-10(6-13(20)8-12)9-25-18(26)14-2-1-11(7-15(14)21)16-17(22)24-4-3-23-16;7-6-4-2-1-3-5-6;1-2/h1-8H,9H2,(H2,22,24)(H,25,26);6-7H,1-5H2;2H,1H3. The maximum atomic E-state index is 14.4. The van der Waals surface area contributed by atoms with E-state index in [0.29, 0.717) is 21.3 Å². The molecule has 35 heavy (non-hydrogen) atoms. The maximum absolute atomic E-state index is 14.4. The number of carbonyl (C=O) groups excluding carboxylic acids is 1. The fourth-order valence-electron chi connectivity index (χ4n) is 3.49. The quantitative estimate of drug-likeness (QED) is 0.376. The molecule has 0 unspecified atom stereocenters. The zero-order valence-electron chi connectivity index (χ0n) is 19.3. The summed E-state index contributed by atoms with van der Waals surface area (Å²) < 4.78 is 28.3. The van der Waals surface area contributed by atoms with Gasteiger partial charge in [-0.2, -0.15) is 0 Å². The molecule has 3 aromatic rings. The number of halogens is 3. The highest BCUT2D eigenvalue weighted by Crippen LogP contribution is 2.23. The molecule has 2 aromatic carbocycles. The van der Waals surface area contributed by atoms with Gasteiger partial charge in [0.25, 0.3) is 5.91 Å². The van der Waals surface area contributed by atoms with Gasteiger partial charge in [-0.1, -0.05) is 41.3 Å². The van der Waals surface area contributed by atoms with Gasteiger partial charge in [0, 0.05) is 36.1 Å². The van der Waals surface area contributed by atoms with Crippen molar-refractivity contribution in [2.24, 2.45) is 0 Å². The summed E-state index contributed by atoms with van der Waals surface area (Å²) >= 11 is 3.18. The van der Waals surface area contributed by atoms with E-state index in [-0.39, 0.29) is 24.0 Å². The first kappa shape index (κ1) is 28.3. The monoisotopic (exact) mass is 550 g/mol. The number of benzene rings is 2. The summed E-state index contributed by atoms with van der Waals surface area (Å²) in [6.45, 7) is 0.0630. The molecule has 1 saturated carbocycles. The van der Waals surface area contributed by atoms with Crippen molar-refractivity contribution in [3.63, 3.8) is 0 Å². The second-order valence-electron chi connectivity index (χ2n) is 7.74. The SMILES string of the molecule is CO.Nc1nccnc1-c1ccc(C(=O)NCc2cc(F)cc(Br)c2)c(F)c1.OC1CCCCC1. The highest BCUT2D eigenvalue weighted by atomic mass is 79.9. The van der Waals surface area contributed by atoms with Gasteiger partial charge in [-0.05, 0) is 48.7 Å². The second-order valence-corrected chi connectivity index (χ2v) is 8.65. The number of nitrogens with two attached hydrogens (primary N) is 1. The van der Waals surface area contributed by atoms with Gasteiger partial charge in [0.1, 0.15) is 23.1 Å². The zero-order valence-corrected chi connectivity index (χ0v) is 20.9. The summed E-state index contributed by atoms with van der Waals surface area (Å²) in [7, 11) is 1.00. The van der Waals surface area contributed by atoms with E-state index < -0.39 is 17.5 Å². The molecule has 10 heteroatoms. The minimum absolute atomic E-state index is 0.0359. The zero-order chi connectivity index (χ0) is 25.8.